The minimum atomic E-state index is -3.79. The van der Waals surface area contributed by atoms with Crippen LogP contribution in [0.4, 0.5) is 0 Å². The normalized spacial score (nSPS) is 17.2. The van der Waals surface area contributed by atoms with Crippen molar-refractivity contribution in [1.29, 1.82) is 0 Å². The van der Waals surface area contributed by atoms with Crippen LogP contribution in [-0.2, 0) is 16.6 Å². The van der Waals surface area contributed by atoms with E-state index >= 15 is 0 Å². The van der Waals surface area contributed by atoms with Crippen molar-refractivity contribution in [3.63, 3.8) is 0 Å². The fourth-order valence-electron chi connectivity index (χ4n) is 3.65. The molecule has 1 aromatic carbocycles. The zero-order chi connectivity index (χ0) is 22.4. The smallest absolute Gasteiger partial charge is 0.251 e. The monoisotopic (exact) mass is 447 g/mol. The van der Waals surface area contributed by atoms with Crippen molar-refractivity contribution in [2.75, 3.05) is 20.3 Å². The average Bonchev–Trinajstić information content (AvgIpc) is 2.77. The van der Waals surface area contributed by atoms with E-state index in [0.29, 0.717) is 19.0 Å². The Bertz CT molecular complexity index is 1030. The molecular formula is C22H29N3O5S. The summed E-state index contributed by atoms with van der Waals surface area (Å²) in [6, 6.07) is 7.92. The molecule has 3 rings (SSSR count). The Balaban J connectivity index is 1.81. The first-order valence-corrected chi connectivity index (χ1v) is 11.9. The van der Waals surface area contributed by atoms with Crippen molar-refractivity contribution in [3.05, 3.63) is 47.7 Å². The molecule has 0 radical (unpaired) electrons. The largest absolute Gasteiger partial charge is 0.495 e. The molecule has 1 aliphatic heterocycles. The van der Waals surface area contributed by atoms with Crippen molar-refractivity contribution in [3.8, 4) is 11.6 Å². The highest BCUT2D eigenvalue weighted by molar-refractivity contribution is 7.89. The summed E-state index contributed by atoms with van der Waals surface area (Å²) in [4.78, 5) is 16.9. The van der Waals surface area contributed by atoms with E-state index in [1.807, 2.05) is 13.8 Å². The first kappa shape index (κ1) is 23.0. The van der Waals surface area contributed by atoms with Crippen molar-refractivity contribution < 1.29 is 22.7 Å². The Hall–Kier alpha value is -2.65. The third-order valence-corrected chi connectivity index (χ3v) is 7.33. The number of carbonyl (C=O) groups is 1. The van der Waals surface area contributed by atoms with Gasteiger partial charge >= 0.3 is 0 Å². The number of ether oxygens (including phenoxy) is 2. The zero-order valence-corrected chi connectivity index (χ0v) is 18.9. The third kappa shape index (κ3) is 5.34. The van der Waals surface area contributed by atoms with Crippen LogP contribution in [0.2, 0.25) is 0 Å². The number of rotatable bonds is 8. The van der Waals surface area contributed by atoms with E-state index in [-0.39, 0.29) is 34.7 Å². The minimum Gasteiger partial charge on any atom is -0.495 e. The van der Waals surface area contributed by atoms with Crippen LogP contribution in [0.1, 0.15) is 49.0 Å². The standard InChI is InChI=1S/C22H29N3O5S/c1-4-30-21-13-17(10-11-23-21)15-24-22(26)18-8-9-19(29-3)20(14-18)31(27,28)25-12-6-5-7-16(25)2/h8-11,13-14,16H,4-7,12,15H2,1-3H3,(H,24,26). The number of carbonyl (C=O) groups excluding carboxylic acids is 1. The number of pyridine rings is 1. The van der Waals surface area contributed by atoms with Gasteiger partial charge < -0.3 is 14.8 Å². The number of piperidine rings is 1. The number of aromatic nitrogens is 1. The van der Waals surface area contributed by atoms with Crippen LogP contribution in [0.3, 0.4) is 0 Å². The van der Waals surface area contributed by atoms with Gasteiger partial charge in [-0.05, 0) is 56.5 Å². The Morgan fingerprint density at radius 1 is 1.26 bits per heavy atom. The van der Waals surface area contributed by atoms with Gasteiger partial charge in [-0.3, -0.25) is 4.79 Å². The summed E-state index contributed by atoms with van der Waals surface area (Å²) in [6.07, 6.45) is 4.26. The van der Waals surface area contributed by atoms with Crippen molar-refractivity contribution in [2.45, 2.75) is 50.6 Å². The van der Waals surface area contributed by atoms with Crippen LogP contribution in [0, 0.1) is 0 Å². The molecule has 1 aliphatic rings. The second-order valence-electron chi connectivity index (χ2n) is 7.44. The molecule has 0 aliphatic carbocycles. The molecule has 2 aromatic rings. The molecule has 1 unspecified atom stereocenters. The Morgan fingerprint density at radius 2 is 2.06 bits per heavy atom. The Morgan fingerprint density at radius 3 is 2.77 bits per heavy atom. The zero-order valence-electron chi connectivity index (χ0n) is 18.1. The third-order valence-electron chi connectivity index (χ3n) is 5.30. The molecule has 1 amide bonds. The second-order valence-corrected chi connectivity index (χ2v) is 9.30. The summed E-state index contributed by atoms with van der Waals surface area (Å²) in [5.41, 5.74) is 1.08. The van der Waals surface area contributed by atoms with Gasteiger partial charge in [-0.1, -0.05) is 6.42 Å². The molecule has 0 spiro atoms. The van der Waals surface area contributed by atoms with Gasteiger partial charge in [-0.25, -0.2) is 13.4 Å². The molecule has 1 atom stereocenters. The summed E-state index contributed by atoms with van der Waals surface area (Å²) in [5, 5.41) is 2.82. The maximum atomic E-state index is 13.3. The number of hydrogen-bond acceptors (Lipinski definition) is 6. The molecule has 1 fully saturated rings. The summed E-state index contributed by atoms with van der Waals surface area (Å²) in [6.45, 7) is 5.01. The predicted octanol–water partition coefficient (Wildman–Crippen LogP) is 2.98. The van der Waals surface area contributed by atoms with E-state index in [0.717, 1.165) is 24.8 Å². The highest BCUT2D eigenvalue weighted by Crippen LogP contribution is 2.31. The summed E-state index contributed by atoms with van der Waals surface area (Å²) >= 11 is 0. The number of methoxy groups -OCH3 is 1. The maximum Gasteiger partial charge on any atom is 0.251 e. The van der Waals surface area contributed by atoms with Crippen LogP contribution in [0.5, 0.6) is 11.6 Å². The fourth-order valence-corrected chi connectivity index (χ4v) is 5.53. The topological polar surface area (TPSA) is 97.8 Å². The molecule has 8 nitrogen and oxygen atoms in total. The number of benzene rings is 1. The second kappa shape index (κ2) is 10.1. The lowest BCUT2D eigenvalue weighted by Gasteiger charge is -2.32. The van der Waals surface area contributed by atoms with Crippen LogP contribution in [0.25, 0.3) is 0 Å². The van der Waals surface area contributed by atoms with Gasteiger partial charge in [0, 0.05) is 37.0 Å². The number of sulfonamides is 1. The molecule has 1 N–H and O–H groups in total. The lowest BCUT2D eigenvalue weighted by molar-refractivity contribution is 0.0950. The molecule has 1 saturated heterocycles. The van der Waals surface area contributed by atoms with E-state index in [4.69, 9.17) is 9.47 Å². The summed E-state index contributed by atoms with van der Waals surface area (Å²) in [5.74, 6) is 0.341. The lowest BCUT2D eigenvalue weighted by atomic mass is 10.1. The summed E-state index contributed by atoms with van der Waals surface area (Å²) < 4.78 is 38.8. The molecule has 31 heavy (non-hydrogen) atoms. The number of nitrogens with one attached hydrogen (secondary N) is 1. The van der Waals surface area contributed by atoms with Crippen molar-refractivity contribution in [2.24, 2.45) is 0 Å². The average molecular weight is 448 g/mol. The maximum absolute atomic E-state index is 13.3. The van der Waals surface area contributed by atoms with Gasteiger partial charge in [0.2, 0.25) is 15.9 Å². The van der Waals surface area contributed by atoms with Crippen molar-refractivity contribution in [1.82, 2.24) is 14.6 Å². The molecular weight excluding hydrogens is 418 g/mol. The van der Waals surface area contributed by atoms with Gasteiger partial charge in [-0.2, -0.15) is 4.31 Å². The van der Waals surface area contributed by atoms with Gasteiger partial charge in [-0.15, -0.1) is 0 Å². The van der Waals surface area contributed by atoms with E-state index in [1.54, 1.807) is 24.4 Å². The molecule has 168 valence electrons. The van der Waals surface area contributed by atoms with Gasteiger partial charge in [0.1, 0.15) is 10.6 Å². The van der Waals surface area contributed by atoms with Crippen LogP contribution in [-0.4, -0.2) is 49.9 Å². The molecule has 0 bridgehead atoms. The first-order valence-electron chi connectivity index (χ1n) is 10.4. The van der Waals surface area contributed by atoms with E-state index in [2.05, 4.69) is 10.3 Å². The fraction of sp³-hybridized carbons (Fsp3) is 0.455. The highest BCUT2D eigenvalue weighted by atomic mass is 32.2. The van der Waals surface area contributed by atoms with Gasteiger partial charge in [0.05, 0.1) is 13.7 Å². The number of nitrogens with zero attached hydrogens (tertiary/aromatic N) is 2. The quantitative estimate of drug-likeness (QED) is 0.668. The summed E-state index contributed by atoms with van der Waals surface area (Å²) in [7, 11) is -2.36. The number of amides is 1. The van der Waals surface area contributed by atoms with Crippen molar-refractivity contribution >= 4 is 15.9 Å². The first-order chi connectivity index (χ1) is 14.9. The van der Waals surface area contributed by atoms with Gasteiger partial charge in [0.25, 0.3) is 5.91 Å². The van der Waals surface area contributed by atoms with Gasteiger partial charge in [0.15, 0.2) is 0 Å². The van der Waals surface area contributed by atoms with E-state index in [9.17, 15) is 13.2 Å². The molecule has 2 heterocycles. The Kier molecular flexibility index (Phi) is 7.50. The van der Waals surface area contributed by atoms with E-state index < -0.39 is 10.0 Å². The van der Waals surface area contributed by atoms with Crippen LogP contribution >= 0.6 is 0 Å². The lowest BCUT2D eigenvalue weighted by Crippen LogP contribution is -2.42. The Labute approximate surface area is 183 Å². The predicted molar refractivity (Wildman–Crippen MR) is 117 cm³/mol. The van der Waals surface area contributed by atoms with Crippen LogP contribution < -0.4 is 14.8 Å². The molecule has 1 aromatic heterocycles. The number of hydrogen-bond donors (Lipinski definition) is 1. The highest BCUT2D eigenvalue weighted by Gasteiger charge is 2.33. The molecule has 9 heteroatoms. The molecule has 0 saturated carbocycles. The minimum absolute atomic E-state index is 0.0129. The van der Waals surface area contributed by atoms with E-state index in [1.165, 1.54) is 23.5 Å². The SMILES string of the molecule is CCOc1cc(CNC(=O)c2ccc(OC)c(S(=O)(=O)N3CCCCC3C)c2)ccn1. The van der Waals surface area contributed by atoms with Crippen LogP contribution in [0.15, 0.2) is 41.4 Å².